The van der Waals surface area contributed by atoms with Crippen molar-refractivity contribution in [3.8, 4) is 0 Å². The van der Waals surface area contributed by atoms with Crippen molar-refractivity contribution in [2.24, 2.45) is 0 Å². The van der Waals surface area contributed by atoms with Crippen LogP contribution in [0.15, 0.2) is 24.4 Å². The minimum atomic E-state index is -0.183. The lowest BCUT2D eigenvalue weighted by Crippen LogP contribution is -2.51. The van der Waals surface area contributed by atoms with E-state index in [9.17, 15) is 4.79 Å². The molecule has 2 saturated heterocycles. The zero-order valence-electron chi connectivity index (χ0n) is 11.7. The fourth-order valence-corrected chi connectivity index (χ4v) is 2.82. The van der Waals surface area contributed by atoms with Crippen LogP contribution in [0.3, 0.4) is 0 Å². The highest BCUT2D eigenvalue weighted by Gasteiger charge is 2.30. The number of carbonyl (C=O) groups excluding carboxylic acids is 1. The summed E-state index contributed by atoms with van der Waals surface area (Å²) in [7, 11) is 0. The molecule has 108 valence electrons. The summed E-state index contributed by atoms with van der Waals surface area (Å²) in [5.74, 6) is 0.181. The van der Waals surface area contributed by atoms with Crippen LogP contribution in [0, 0.1) is 0 Å². The van der Waals surface area contributed by atoms with E-state index >= 15 is 0 Å². The third-order valence-electron chi connectivity index (χ3n) is 4.00. The largest absolute Gasteiger partial charge is 0.368 e. The number of pyridine rings is 1. The molecule has 2 aliphatic rings. The van der Waals surface area contributed by atoms with Crippen LogP contribution < -0.4 is 0 Å². The lowest BCUT2D eigenvalue weighted by molar-refractivity contribution is -0.142. The normalized spacial score (nSPS) is 24.0. The van der Waals surface area contributed by atoms with Crippen LogP contribution in [0.2, 0.25) is 0 Å². The molecule has 0 spiro atoms. The minimum Gasteiger partial charge on any atom is -0.368 e. The first kappa shape index (κ1) is 13.5. The number of ether oxygens (including phenoxy) is 1. The van der Waals surface area contributed by atoms with Crippen molar-refractivity contribution in [1.82, 2.24) is 14.8 Å². The molecule has 2 fully saturated rings. The number of nitrogens with zero attached hydrogens (tertiary/aromatic N) is 3. The summed E-state index contributed by atoms with van der Waals surface area (Å²) >= 11 is 0. The summed E-state index contributed by atoms with van der Waals surface area (Å²) in [6, 6.07) is 5.99. The Morgan fingerprint density at radius 1 is 1.30 bits per heavy atom. The summed E-state index contributed by atoms with van der Waals surface area (Å²) in [6.45, 7) is 5.01. The van der Waals surface area contributed by atoms with E-state index in [1.54, 1.807) is 0 Å². The van der Waals surface area contributed by atoms with Gasteiger partial charge in [0.1, 0.15) is 6.10 Å². The van der Waals surface area contributed by atoms with Crippen LogP contribution in [-0.2, 0) is 16.1 Å². The third kappa shape index (κ3) is 3.16. The van der Waals surface area contributed by atoms with Gasteiger partial charge >= 0.3 is 0 Å². The Morgan fingerprint density at radius 2 is 2.15 bits per heavy atom. The average molecular weight is 275 g/mol. The van der Waals surface area contributed by atoms with Gasteiger partial charge in [-0.25, -0.2) is 0 Å². The Balaban J connectivity index is 1.48. The Labute approximate surface area is 119 Å². The molecule has 3 rings (SSSR count). The van der Waals surface area contributed by atoms with Crippen LogP contribution in [0.4, 0.5) is 0 Å². The van der Waals surface area contributed by atoms with Gasteiger partial charge in [-0.15, -0.1) is 0 Å². The fourth-order valence-electron chi connectivity index (χ4n) is 2.82. The predicted molar refractivity (Wildman–Crippen MR) is 75.1 cm³/mol. The first-order valence-corrected chi connectivity index (χ1v) is 7.35. The quantitative estimate of drug-likeness (QED) is 0.822. The third-order valence-corrected chi connectivity index (χ3v) is 4.00. The van der Waals surface area contributed by atoms with Gasteiger partial charge in [0.15, 0.2) is 0 Å². The maximum Gasteiger partial charge on any atom is 0.251 e. The van der Waals surface area contributed by atoms with E-state index in [-0.39, 0.29) is 12.0 Å². The molecular formula is C15H21N3O2. The van der Waals surface area contributed by atoms with E-state index in [1.165, 1.54) is 0 Å². The molecule has 0 radical (unpaired) electrons. The molecule has 20 heavy (non-hydrogen) atoms. The predicted octanol–water partition coefficient (Wildman–Crippen LogP) is 0.905. The van der Waals surface area contributed by atoms with Crippen molar-refractivity contribution in [2.75, 3.05) is 32.8 Å². The van der Waals surface area contributed by atoms with E-state index < -0.39 is 0 Å². The smallest absolute Gasteiger partial charge is 0.251 e. The molecular weight excluding hydrogens is 254 g/mol. The van der Waals surface area contributed by atoms with E-state index in [1.807, 2.05) is 29.3 Å². The van der Waals surface area contributed by atoms with Crippen molar-refractivity contribution >= 4 is 5.91 Å². The molecule has 2 aliphatic heterocycles. The molecule has 1 atom stereocenters. The minimum absolute atomic E-state index is 0.181. The number of rotatable bonds is 3. The Kier molecular flexibility index (Phi) is 4.28. The summed E-state index contributed by atoms with van der Waals surface area (Å²) < 4.78 is 5.48. The Hall–Kier alpha value is -1.46. The van der Waals surface area contributed by atoms with Gasteiger partial charge < -0.3 is 9.64 Å². The zero-order chi connectivity index (χ0) is 13.8. The van der Waals surface area contributed by atoms with Crippen LogP contribution >= 0.6 is 0 Å². The summed E-state index contributed by atoms with van der Waals surface area (Å²) in [4.78, 5) is 20.9. The van der Waals surface area contributed by atoms with Gasteiger partial charge in [-0.2, -0.15) is 0 Å². The monoisotopic (exact) mass is 275 g/mol. The molecule has 1 aromatic heterocycles. The molecule has 0 N–H and O–H groups in total. The van der Waals surface area contributed by atoms with Gasteiger partial charge in [-0.05, 0) is 25.0 Å². The van der Waals surface area contributed by atoms with Crippen LogP contribution in [0.1, 0.15) is 18.5 Å². The highest BCUT2D eigenvalue weighted by molar-refractivity contribution is 5.81. The highest BCUT2D eigenvalue weighted by Crippen LogP contribution is 2.16. The fraction of sp³-hybridized carbons (Fsp3) is 0.600. The summed E-state index contributed by atoms with van der Waals surface area (Å²) in [5.41, 5.74) is 1.09. The maximum atomic E-state index is 12.2. The van der Waals surface area contributed by atoms with Crippen molar-refractivity contribution in [2.45, 2.75) is 25.5 Å². The van der Waals surface area contributed by atoms with Crippen LogP contribution in [0.25, 0.3) is 0 Å². The summed E-state index contributed by atoms with van der Waals surface area (Å²) in [6.07, 6.45) is 3.53. The molecule has 0 aromatic carbocycles. The SMILES string of the molecule is O=C(C1CCCO1)N1CCN(Cc2ccccn2)CC1. The van der Waals surface area contributed by atoms with Crippen molar-refractivity contribution in [3.63, 3.8) is 0 Å². The van der Waals surface area contributed by atoms with E-state index in [0.717, 1.165) is 57.9 Å². The van der Waals surface area contributed by atoms with Gasteiger partial charge in [0, 0.05) is 45.5 Å². The van der Waals surface area contributed by atoms with Gasteiger partial charge in [0.25, 0.3) is 5.91 Å². The average Bonchev–Trinajstić information content (AvgIpc) is 3.03. The summed E-state index contributed by atoms with van der Waals surface area (Å²) in [5, 5.41) is 0. The van der Waals surface area contributed by atoms with Crippen molar-refractivity contribution in [1.29, 1.82) is 0 Å². The highest BCUT2D eigenvalue weighted by atomic mass is 16.5. The lowest BCUT2D eigenvalue weighted by atomic mass is 10.2. The van der Waals surface area contributed by atoms with Crippen LogP contribution in [-0.4, -0.2) is 59.6 Å². The second-order valence-corrected chi connectivity index (χ2v) is 5.42. The van der Waals surface area contributed by atoms with E-state index in [4.69, 9.17) is 4.74 Å². The van der Waals surface area contributed by atoms with Gasteiger partial charge in [-0.1, -0.05) is 6.07 Å². The first-order chi connectivity index (χ1) is 9.83. The molecule has 1 aromatic rings. The Morgan fingerprint density at radius 3 is 2.80 bits per heavy atom. The van der Waals surface area contributed by atoms with Gasteiger partial charge in [-0.3, -0.25) is 14.7 Å². The maximum absolute atomic E-state index is 12.2. The topological polar surface area (TPSA) is 45.7 Å². The molecule has 0 bridgehead atoms. The Bertz CT molecular complexity index is 438. The number of hydrogen-bond acceptors (Lipinski definition) is 4. The van der Waals surface area contributed by atoms with E-state index in [2.05, 4.69) is 9.88 Å². The molecule has 3 heterocycles. The van der Waals surface area contributed by atoms with Crippen LogP contribution in [0.5, 0.6) is 0 Å². The number of hydrogen-bond donors (Lipinski definition) is 0. The number of carbonyl (C=O) groups is 1. The number of piperazine rings is 1. The number of aromatic nitrogens is 1. The van der Waals surface area contributed by atoms with E-state index in [0.29, 0.717) is 0 Å². The molecule has 5 heteroatoms. The second-order valence-electron chi connectivity index (χ2n) is 5.42. The second kappa shape index (κ2) is 6.33. The molecule has 0 aliphatic carbocycles. The lowest BCUT2D eigenvalue weighted by Gasteiger charge is -2.35. The van der Waals surface area contributed by atoms with Gasteiger partial charge in [0.2, 0.25) is 0 Å². The zero-order valence-corrected chi connectivity index (χ0v) is 11.7. The standard InChI is InChI=1S/C15H21N3O2/c19-15(14-5-3-11-20-14)18-9-7-17(8-10-18)12-13-4-1-2-6-16-13/h1-2,4,6,14H,3,5,7-12H2. The molecule has 0 saturated carbocycles. The van der Waals surface area contributed by atoms with Gasteiger partial charge in [0.05, 0.1) is 5.69 Å². The first-order valence-electron chi connectivity index (χ1n) is 7.35. The van der Waals surface area contributed by atoms with Crippen molar-refractivity contribution < 1.29 is 9.53 Å². The molecule has 5 nitrogen and oxygen atoms in total. The van der Waals surface area contributed by atoms with Crippen molar-refractivity contribution in [3.05, 3.63) is 30.1 Å². The molecule has 1 unspecified atom stereocenters. The number of amides is 1. The molecule has 1 amide bonds.